The molecule has 1 saturated carbocycles. The Morgan fingerprint density at radius 1 is 1.08 bits per heavy atom. The van der Waals surface area contributed by atoms with E-state index in [0.29, 0.717) is 49.2 Å². The maximum Gasteiger partial charge on any atom is 0.416 e. The molecule has 2 aromatic heterocycles. The van der Waals surface area contributed by atoms with E-state index in [1.807, 2.05) is 37.8 Å². The highest BCUT2D eigenvalue weighted by molar-refractivity contribution is 5.88. The number of nitrogens with zero attached hydrogens (tertiary/aromatic N) is 5. The van der Waals surface area contributed by atoms with Gasteiger partial charge in [-0.15, -0.1) is 0 Å². The molecule has 2 aliphatic rings. The summed E-state index contributed by atoms with van der Waals surface area (Å²) in [6.45, 7) is 7.49. The van der Waals surface area contributed by atoms with Gasteiger partial charge in [0.15, 0.2) is 0 Å². The van der Waals surface area contributed by atoms with Crippen LogP contribution in [-0.4, -0.2) is 70.0 Å². The molecule has 2 fully saturated rings. The summed E-state index contributed by atoms with van der Waals surface area (Å²) in [7, 11) is 0. The van der Waals surface area contributed by atoms with E-state index in [0.717, 1.165) is 31.2 Å². The number of nitrogens with two attached hydrogens (primary N) is 1. The minimum absolute atomic E-state index is 0.0336. The van der Waals surface area contributed by atoms with E-state index in [2.05, 4.69) is 4.98 Å². The second kappa shape index (κ2) is 10.6. The van der Waals surface area contributed by atoms with Crippen LogP contribution < -0.4 is 15.5 Å². The number of carbonyl (C=O) groups is 2. The van der Waals surface area contributed by atoms with E-state index in [4.69, 9.17) is 15.5 Å². The first-order valence-electron chi connectivity index (χ1n) is 12.6. The van der Waals surface area contributed by atoms with Gasteiger partial charge in [0, 0.05) is 55.7 Å². The summed E-state index contributed by atoms with van der Waals surface area (Å²) < 4.78 is 5.76. The fourth-order valence-corrected chi connectivity index (χ4v) is 4.76. The number of carbonyl (C=O) groups excluding carboxylic acids is 1. The zero-order valence-electron chi connectivity index (χ0n) is 21.3. The number of rotatable bonds is 4. The molecule has 0 spiro atoms. The van der Waals surface area contributed by atoms with Gasteiger partial charge in [0.25, 0.3) is 0 Å². The molecule has 1 aliphatic heterocycles. The Balaban J connectivity index is 1.63. The normalized spacial score (nSPS) is 17.1. The van der Waals surface area contributed by atoms with Gasteiger partial charge >= 0.3 is 12.2 Å². The molecule has 10 heteroatoms. The van der Waals surface area contributed by atoms with E-state index in [9.17, 15) is 14.7 Å². The van der Waals surface area contributed by atoms with Gasteiger partial charge in [-0.25, -0.2) is 19.6 Å². The predicted molar refractivity (Wildman–Crippen MR) is 139 cm³/mol. The zero-order chi connectivity index (χ0) is 25.9. The molecular weight excluding hydrogens is 460 g/mol. The molecule has 36 heavy (non-hydrogen) atoms. The number of ether oxygens (including phenoxy) is 1. The monoisotopic (exact) mass is 496 g/mol. The van der Waals surface area contributed by atoms with Crippen LogP contribution in [-0.2, 0) is 4.74 Å². The molecule has 0 atom stereocenters. The summed E-state index contributed by atoms with van der Waals surface area (Å²) in [5.74, 6) is 1.24. The highest BCUT2D eigenvalue weighted by Crippen LogP contribution is 2.31. The molecule has 3 heterocycles. The van der Waals surface area contributed by atoms with Crippen molar-refractivity contribution in [2.75, 3.05) is 41.7 Å². The largest absolute Gasteiger partial charge is 0.465 e. The van der Waals surface area contributed by atoms with Crippen LogP contribution in [0, 0.1) is 0 Å². The van der Waals surface area contributed by atoms with Gasteiger partial charge in [-0.2, -0.15) is 0 Å². The summed E-state index contributed by atoms with van der Waals surface area (Å²) in [6, 6.07) is 7.36. The number of pyridine rings is 2. The van der Waals surface area contributed by atoms with Gasteiger partial charge < -0.3 is 25.4 Å². The predicted octanol–water partition coefficient (Wildman–Crippen LogP) is 4.60. The van der Waals surface area contributed by atoms with E-state index in [1.165, 1.54) is 11.3 Å². The zero-order valence-corrected chi connectivity index (χ0v) is 21.3. The maximum atomic E-state index is 13.3. The standard InChI is InChI=1S/C26H36N6O4/c1-26(2,3)36-25(35)32(20-7-5-4-6-8-20)22-15-18(9-10-28-22)21-16-19(27)17-23(29-21)30-11-13-31(14-12-30)24(33)34/h9-10,15-17,20H,4-8,11-14H2,1-3H3,(H2,27,29)(H,33,34). The average molecular weight is 497 g/mol. The molecule has 1 saturated heterocycles. The van der Waals surface area contributed by atoms with Crippen molar-refractivity contribution in [2.24, 2.45) is 0 Å². The van der Waals surface area contributed by atoms with Gasteiger partial charge in [-0.1, -0.05) is 19.3 Å². The quantitative estimate of drug-likeness (QED) is 0.629. The van der Waals surface area contributed by atoms with Gasteiger partial charge in [0.1, 0.15) is 17.2 Å². The number of aromatic nitrogens is 2. The summed E-state index contributed by atoms with van der Waals surface area (Å²) >= 11 is 0. The lowest BCUT2D eigenvalue weighted by Gasteiger charge is -2.35. The van der Waals surface area contributed by atoms with Crippen LogP contribution in [0.2, 0.25) is 0 Å². The van der Waals surface area contributed by atoms with Crippen LogP contribution >= 0.6 is 0 Å². The van der Waals surface area contributed by atoms with Crippen molar-refractivity contribution >= 4 is 29.5 Å². The summed E-state index contributed by atoms with van der Waals surface area (Å²) in [6.07, 6.45) is 5.51. The molecule has 0 radical (unpaired) electrons. The van der Waals surface area contributed by atoms with Crippen molar-refractivity contribution < 1.29 is 19.4 Å². The van der Waals surface area contributed by atoms with Crippen LogP contribution in [0.4, 0.5) is 26.9 Å². The third-order valence-corrected chi connectivity index (χ3v) is 6.53. The molecule has 0 unspecified atom stereocenters. The third kappa shape index (κ3) is 6.16. The van der Waals surface area contributed by atoms with E-state index < -0.39 is 17.8 Å². The molecular formula is C26H36N6O4. The van der Waals surface area contributed by atoms with Crippen molar-refractivity contribution in [3.8, 4) is 11.3 Å². The Bertz CT molecular complexity index is 1090. The van der Waals surface area contributed by atoms with Crippen molar-refractivity contribution in [3.63, 3.8) is 0 Å². The number of hydrogen-bond donors (Lipinski definition) is 2. The minimum Gasteiger partial charge on any atom is -0.465 e. The SMILES string of the molecule is CC(C)(C)OC(=O)N(c1cc(-c2cc(N)cc(N3CCN(C(=O)O)CC3)n2)ccn1)C1CCCCC1. The topological polar surface area (TPSA) is 125 Å². The Morgan fingerprint density at radius 3 is 2.42 bits per heavy atom. The third-order valence-electron chi connectivity index (χ3n) is 6.53. The molecule has 2 amide bonds. The van der Waals surface area contributed by atoms with Gasteiger partial charge in [-0.3, -0.25) is 4.90 Å². The number of carboxylic acid groups (broad SMARTS) is 1. The highest BCUT2D eigenvalue weighted by atomic mass is 16.6. The summed E-state index contributed by atoms with van der Waals surface area (Å²) in [5.41, 5.74) is 7.65. The Morgan fingerprint density at radius 2 is 1.78 bits per heavy atom. The first-order valence-corrected chi connectivity index (χ1v) is 12.6. The minimum atomic E-state index is -0.910. The summed E-state index contributed by atoms with van der Waals surface area (Å²) in [4.78, 5) is 39.0. The molecule has 4 rings (SSSR count). The summed E-state index contributed by atoms with van der Waals surface area (Å²) in [5, 5.41) is 9.23. The number of anilines is 3. The van der Waals surface area contributed by atoms with Crippen LogP contribution in [0.5, 0.6) is 0 Å². The first-order chi connectivity index (χ1) is 17.1. The van der Waals surface area contributed by atoms with Crippen LogP contribution in [0.1, 0.15) is 52.9 Å². The lowest BCUT2D eigenvalue weighted by Crippen LogP contribution is -2.48. The first kappa shape index (κ1) is 25.5. The Hall–Kier alpha value is -3.56. The molecule has 0 aromatic carbocycles. The highest BCUT2D eigenvalue weighted by Gasteiger charge is 2.32. The van der Waals surface area contributed by atoms with Crippen molar-refractivity contribution in [2.45, 2.75) is 64.5 Å². The number of nitrogen functional groups attached to an aromatic ring is 1. The lowest BCUT2D eigenvalue weighted by molar-refractivity contribution is 0.0556. The Kier molecular flexibility index (Phi) is 7.51. The van der Waals surface area contributed by atoms with Crippen LogP contribution in [0.3, 0.4) is 0 Å². The van der Waals surface area contributed by atoms with Gasteiger partial charge in [0.05, 0.1) is 5.69 Å². The van der Waals surface area contributed by atoms with E-state index >= 15 is 0 Å². The molecule has 1 aliphatic carbocycles. The molecule has 194 valence electrons. The van der Waals surface area contributed by atoms with E-state index in [1.54, 1.807) is 23.2 Å². The fraction of sp³-hybridized carbons (Fsp3) is 0.538. The number of hydrogen-bond acceptors (Lipinski definition) is 7. The van der Waals surface area contributed by atoms with Crippen molar-refractivity contribution in [3.05, 3.63) is 30.5 Å². The van der Waals surface area contributed by atoms with Crippen molar-refractivity contribution in [1.29, 1.82) is 0 Å². The molecule has 2 aromatic rings. The van der Waals surface area contributed by atoms with Crippen LogP contribution in [0.15, 0.2) is 30.5 Å². The molecule has 3 N–H and O–H groups in total. The lowest BCUT2D eigenvalue weighted by atomic mass is 9.94. The van der Waals surface area contributed by atoms with Gasteiger partial charge in [0.2, 0.25) is 0 Å². The smallest absolute Gasteiger partial charge is 0.416 e. The second-order valence-corrected chi connectivity index (χ2v) is 10.4. The fourth-order valence-electron chi connectivity index (χ4n) is 4.76. The van der Waals surface area contributed by atoms with Crippen LogP contribution in [0.25, 0.3) is 11.3 Å². The van der Waals surface area contributed by atoms with Crippen molar-refractivity contribution in [1.82, 2.24) is 14.9 Å². The van der Waals surface area contributed by atoms with E-state index in [-0.39, 0.29) is 6.04 Å². The average Bonchev–Trinajstić information content (AvgIpc) is 2.83. The molecule has 0 bridgehead atoms. The molecule has 10 nitrogen and oxygen atoms in total. The second-order valence-electron chi connectivity index (χ2n) is 10.4. The Labute approximate surface area is 212 Å². The van der Waals surface area contributed by atoms with Gasteiger partial charge in [-0.05, 0) is 51.8 Å². The number of amides is 2. The number of piperazine rings is 1. The maximum absolute atomic E-state index is 13.3.